The van der Waals surface area contributed by atoms with Gasteiger partial charge in [-0.2, -0.15) is 5.10 Å². The fourth-order valence-corrected chi connectivity index (χ4v) is 3.20. The van der Waals surface area contributed by atoms with Crippen molar-refractivity contribution in [1.82, 2.24) is 5.43 Å². The highest BCUT2D eigenvalue weighted by Gasteiger charge is 2.39. The van der Waals surface area contributed by atoms with E-state index in [2.05, 4.69) is 10.5 Å². The molecule has 0 heterocycles. The van der Waals surface area contributed by atoms with Gasteiger partial charge < -0.3 is 10.2 Å². The molecule has 7 heteroatoms. The predicted octanol–water partition coefficient (Wildman–Crippen LogP) is 4.09. The Hall–Kier alpha value is -2.86. The van der Waals surface area contributed by atoms with Crippen LogP contribution in [0.1, 0.15) is 16.7 Å². The number of benzene rings is 3. The summed E-state index contributed by atoms with van der Waals surface area (Å²) in [6, 6.07) is 20.1. The van der Waals surface area contributed by atoms with Gasteiger partial charge in [0.15, 0.2) is 11.4 Å². The predicted molar refractivity (Wildman–Crippen MR) is 110 cm³/mol. The summed E-state index contributed by atoms with van der Waals surface area (Å²) < 4.78 is 0. The fourth-order valence-electron chi connectivity index (χ4n) is 2.69. The van der Waals surface area contributed by atoms with Gasteiger partial charge >= 0.3 is 0 Å². The maximum absolute atomic E-state index is 12.9. The normalized spacial score (nSPS) is 11.5. The molecule has 0 aromatic heterocycles. The first-order valence-electron chi connectivity index (χ1n) is 8.28. The molecule has 142 valence electrons. The monoisotopic (exact) mass is 414 g/mol. The number of hydrogen-bond acceptors (Lipinski definition) is 4. The van der Waals surface area contributed by atoms with Gasteiger partial charge in [0.2, 0.25) is 0 Å². The van der Waals surface area contributed by atoms with Crippen LogP contribution in [0.15, 0.2) is 77.9 Å². The molecule has 0 aliphatic carbocycles. The number of hydrazone groups is 1. The molecule has 0 saturated carbocycles. The van der Waals surface area contributed by atoms with E-state index in [1.807, 2.05) is 0 Å². The molecule has 0 unspecified atom stereocenters. The number of nitrogens with zero attached hydrogens (tertiary/aromatic N) is 1. The molecular weight excluding hydrogens is 399 g/mol. The molecule has 0 spiro atoms. The minimum atomic E-state index is -1.93. The Morgan fingerprint density at radius 3 is 1.86 bits per heavy atom. The molecule has 1 amide bonds. The highest BCUT2D eigenvalue weighted by Crippen LogP contribution is 2.32. The number of nitrogens with one attached hydrogen (secondary N) is 1. The third kappa shape index (κ3) is 4.02. The van der Waals surface area contributed by atoms with E-state index in [9.17, 15) is 15.0 Å². The van der Waals surface area contributed by atoms with Gasteiger partial charge in [-0.1, -0.05) is 83.9 Å². The van der Waals surface area contributed by atoms with E-state index in [4.69, 9.17) is 23.2 Å². The smallest absolute Gasteiger partial charge is 0.281 e. The Balaban J connectivity index is 1.89. The molecule has 3 aromatic carbocycles. The van der Waals surface area contributed by atoms with E-state index in [1.165, 1.54) is 18.3 Å². The van der Waals surface area contributed by atoms with E-state index >= 15 is 0 Å². The Morgan fingerprint density at radius 2 is 1.39 bits per heavy atom. The number of phenols is 1. The van der Waals surface area contributed by atoms with Crippen molar-refractivity contribution in [2.24, 2.45) is 5.10 Å². The van der Waals surface area contributed by atoms with Gasteiger partial charge in [-0.3, -0.25) is 4.79 Å². The van der Waals surface area contributed by atoms with Gasteiger partial charge in [-0.15, -0.1) is 0 Å². The molecule has 3 aromatic rings. The first kappa shape index (κ1) is 19.9. The number of phenolic OH excluding ortho intramolecular Hbond substituents is 1. The van der Waals surface area contributed by atoms with Crippen LogP contribution in [0.25, 0.3) is 0 Å². The van der Waals surface area contributed by atoms with Crippen LogP contribution in [-0.4, -0.2) is 22.3 Å². The van der Waals surface area contributed by atoms with Crippen molar-refractivity contribution in [3.8, 4) is 5.75 Å². The van der Waals surface area contributed by atoms with Gasteiger partial charge in [0.05, 0.1) is 16.3 Å². The first-order valence-corrected chi connectivity index (χ1v) is 9.03. The van der Waals surface area contributed by atoms with Crippen molar-refractivity contribution in [3.05, 3.63) is 99.5 Å². The zero-order valence-electron chi connectivity index (χ0n) is 14.5. The van der Waals surface area contributed by atoms with Crippen molar-refractivity contribution < 1.29 is 15.0 Å². The number of hydrogen-bond donors (Lipinski definition) is 3. The Kier molecular flexibility index (Phi) is 5.99. The van der Waals surface area contributed by atoms with Crippen LogP contribution >= 0.6 is 23.2 Å². The summed E-state index contributed by atoms with van der Waals surface area (Å²) in [5.74, 6) is -0.954. The van der Waals surface area contributed by atoms with Crippen molar-refractivity contribution in [2.75, 3.05) is 0 Å². The summed E-state index contributed by atoms with van der Waals surface area (Å²) in [7, 11) is 0. The summed E-state index contributed by atoms with van der Waals surface area (Å²) >= 11 is 11.7. The minimum Gasteiger partial charge on any atom is -0.505 e. The highest BCUT2D eigenvalue weighted by molar-refractivity contribution is 6.37. The van der Waals surface area contributed by atoms with E-state index in [0.717, 1.165) is 0 Å². The zero-order valence-corrected chi connectivity index (χ0v) is 16.0. The number of aliphatic hydroxyl groups is 1. The number of carbonyl (C=O) groups is 1. The first-order chi connectivity index (χ1) is 13.4. The van der Waals surface area contributed by atoms with Crippen LogP contribution in [0.5, 0.6) is 5.75 Å². The Morgan fingerprint density at radius 1 is 0.929 bits per heavy atom. The van der Waals surface area contributed by atoms with Gasteiger partial charge in [0, 0.05) is 0 Å². The lowest BCUT2D eigenvalue weighted by Gasteiger charge is -2.27. The zero-order chi connectivity index (χ0) is 20.1. The second-order valence-corrected chi connectivity index (χ2v) is 6.79. The molecule has 5 nitrogen and oxygen atoms in total. The topological polar surface area (TPSA) is 81.9 Å². The molecule has 3 rings (SSSR count). The van der Waals surface area contributed by atoms with Crippen molar-refractivity contribution in [3.63, 3.8) is 0 Å². The third-order valence-corrected chi connectivity index (χ3v) is 4.71. The van der Waals surface area contributed by atoms with Crippen LogP contribution in [0, 0.1) is 0 Å². The summed E-state index contributed by atoms with van der Waals surface area (Å²) in [5.41, 5.74) is 1.71. The van der Waals surface area contributed by atoms with E-state index < -0.39 is 11.5 Å². The second-order valence-electron chi connectivity index (χ2n) is 5.97. The molecular formula is C21H16Cl2N2O3. The summed E-state index contributed by atoms with van der Waals surface area (Å²) in [6.07, 6.45) is 1.31. The van der Waals surface area contributed by atoms with Crippen molar-refractivity contribution >= 4 is 35.3 Å². The number of carbonyl (C=O) groups excluding carboxylic acids is 1. The minimum absolute atomic E-state index is 0.0605. The number of aromatic hydroxyl groups is 1. The van der Waals surface area contributed by atoms with E-state index in [1.54, 1.807) is 60.7 Å². The standard InChI is InChI=1S/C21H16Cl2N2O3/c22-17-11-14(12-18(23)19(17)26)13-24-25-20(27)21(28,15-7-3-1-4-8-15)16-9-5-2-6-10-16/h1-13,26,28H,(H,25,27)/b24-13+. The van der Waals surface area contributed by atoms with Gasteiger partial charge in [-0.05, 0) is 28.8 Å². The maximum Gasteiger partial charge on any atom is 0.281 e. The quantitative estimate of drug-likeness (QED) is 0.434. The lowest BCUT2D eigenvalue weighted by Crippen LogP contribution is -2.43. The number of amides is 1. The molecule has 0 aliphatic rings. The number of halogens is 2. The third-order valence-electron chi connectivity index (χ3n) is 4.13. The van der Waals surface area contributed by atoms with E-state index in [-0.39, 0.29) is 15.8 Å². The lowest BCUT2D eigenvalue weighted by molar-refractivity contribution is -0.136. The molecule has 0 atom stereocenters. The molecule has 0 bridgehead atoms. The Labute approximate surface area is 171 Å². The van der Waals surface area contributed by atoms with Crippen molar-refractivity contribution in [1.29, 1.82) is 0 Å². The fraction of sp³-hybridized carbons (Fsp3) is 0.0476. The second kappa shape index (κ2) is 8.44. The molecule has 0 fully saturated rings. The van der Waals surface area contributed by atoms with Gasteiger partial charge in [0.1, 0.15) is 0 Å². The molecule has 3 N–H and O–H groups in total. The lowest BCUT2D eigenvalue weighted by atomic mass is 9.85. The summed E-state index contributed by atoms with van der Waals surface area (Å²) in [4.78, 5) is 12.9. The molecule has 0 saturated heterocycles. The van der Waals surface area contributed by atoms with Crippen LogP contribution in [0.2, 0.25) is 10.0 Å². The van der Waals surface area contributed by atoms with Crippen LogP contribution in [0.4, 0.5) is 0 Å². The molecule has 0 aliphatic heterocycles. The highest BCUT2D eigenvalue weighted by atomic mass is 35.5. The molecule has 0 radical (unpaired) electrons. The van der Waals surface area contributed by atoms with Gasteiger partial charge in [0.25, 0.3) is 5.91 Å². The van der Waals surface area contributed by atoms with E-state index in [0.29, 0.717) is 16.7 Å². The average Bonchev–Trinajstić information content (AvgIpc) is 2.72. The summed E-state index contributed by atoms with van der Waals surface area (Å²) in [6.45, 7) is 0. The SMILES string of the molecule is O=C(N/N=C/c1cc(Cl)c(O)c(Cl)c1)C(O)(c1ccccc1)c1ccccc1. The van der Waals surface area contributed by atoms with Crippen LogP contribution in [0.3, 0.4) is 0 Å². The summed E-state index contributed by atoms with van der Waals surface area (Å²) in [5, 5.41) is 24.9. The number of rotatable bonds is 5. The Bertz CT molecular complexity index is 946. The average molecular weight is 415 g/mol. The van der Waals surface area contributed by atoms with Crippen LogP contribution < -0.4 is 5.43 Å². The maximum atomic E-state index is 12.9. The molecule has 28 heavy (non-hydrogen) atoms. The van der Waals surface area contributed by atoms with Crippen molar-refractivity contribution in [2.45, 2.75) is 5.60 Å². The van der Waals surface area contributed by atoms with Crippen LogP contribution in [-0.2, 0) is 10.4 Å². The largest absolute Gasteiger partial charge is 0.505 e. The van der Waals surface area contributed by atoms with Gasteiger partial charge in [-0.25, -0.2) is 5.43 Å².